The Balaban J connectivity index is 1.40. The predicted molar refractivity (Wildman–Crippen MR) is 120 cm³/mol. The lowest BCUT2D eigenvalue weighted by atomic mass is 9.79. The minimum Gasteiger partial charge on any atom is -0.340 e. The summed E-state index contributed by atoms with van der Waals surface area (Å²) in [6.07, 6.45) is 7.78. The fourth-order valence-electron chi connectivity index (χ4n) is 5.76. The average Bonchev–Trinajstić information content (AvgIpc) is 3.05. The summed E-state index contributed by atoms with van der Waals surface area (Å²) in [5.74, 6) is 1.66. The predicted octanol–water partition coefficient (Wildman–Crippen LogP) is 4.28. The van der Waals surface area contributed by atoms with Gasteiger partial charge in [0.1, 0.15) is 6.04 Å². The van der Waals surface area contributed by atoms with Crippen LogP contribution in [-0.4, -0.2) is 41.9 Å². The van der Waals surface area contributed by atoms with E-state index in [1.165, 1.54) is 25.7 Å². The summed E-state index contributed by atoms with van der Waals surface area (Å²) in [6.45, 7) is 8.68. The lowest BCUT2D eigenvalue weighted by molar-refractivity contribution is -0.127. The van der Waals surface area contributed by atoms with Crippen molar-refractivity contribution in [2.45, 2.75) is 83.8 Å². The Hall–Kier alpha value is -1.88. The van der Waals surface area contributed by atoms with E-state index in [1.54, 1.807) is 0 Å². The van der Waals surface area contributed by atoms with Gasteiger partial charge < -0.3 is 15.1 Å². The monoisotopic (exact) mass is 411 g/mol. The smallest absolute Gasteiger partial charge is 0.254 e. The maximum atomic E-state index is 13.3. The van der Waals surface area contributed by atoms with E-state index >= 15 is 0 Å². The van der Waals surface area contributed by atoms with E-state index < -0.39 is 6.04 Å². The van der Waals surface area contributed by atoms with Gasteiger partial charge in [0.15, 0.2) is 0 Å². The van der Waals surface area contributed by atoms with Crippen molar-refractivity contribution in [3.8, 4) is 0 Å². The molecule has 164 valence electrons. The van der Waals surface area contributed by atoms with Crippen LogP contribution in [0.2, 0.25) is 0 Å². The van der Waals surface area contributed by atoms with Gasteiger partial charge in [-0.25, -0.2) is 0 Å². The summed E-state index contributed by atoms with van der Waals surface area (Å²) in [6, 6.07) is 8.38. The van der Waals surface area contributed by atoms with Gasteiger partial charge in [-0.15, -0.1) is 0 Å². The molecule has 0 bridgehead atoms. The second-order valence-corrected chi connectivity index (χ2v) is 9.70. The van der Waals surface area contributed by atoms with Crippen LogP contribution in [0, 0.1) is 11.8 Å². The first-order chi connectivity index (χ1) is 14.5. The molecule has 2 amide bonds. The fourth-order valence-corrected chi connectivity index (χ4v) is 5.76. The highest BCUT2D eigenvalue weighted by atomic mass is 16.2. The Morgan fingerprint density at radius 2 is 1.70 bits per heavy atom. The number of hydrogen-bond donors (Lipinski definition) is 1. The molecule has 5 nitrogen and oxygen atoms in total. The van der Waals surface area contributed by atoms with E-state index in [0.29, 0.717) is 6.42 Å². The summed E-state index contributed by atoms with van der Waals surface area (Å²) in [4.78, 5) is 30.0. The number of nitrogens with one attached hydrogen (secondary N) is 1. The average molecular weight is 412 g/mol. The van der Waals surface area contributed by atoms with Crippen molar-refractivity contribution in [1.82, 2.24) is 10.2 Å². The Morgan fingerprint density at radius 3 is 2.33 bits per heavy atom. The largest absolute Gasteiger partial charge is 0.340 e. The standard InChI is InChI=1S/C25H37N3O2/c1-4-23(29)26-24-21-7-5-6-8-22(21)28(25(24)30)20-13-15-27(16-14-20)19-11-9-18(10-12-19)17(2)3/h5-8,17-20,24H,4,9-16H2,1-3H3,(H,26,29). The summed E-state index contributed by atoms with van der Waals surface area (Å²) in [5, 5.41) is 2.94. The summed E-state index contributed by atoms with van der Waals surface area (Å²) in [5.41, 5.74) is 1.93. The number of piperidine rings is 1. The molecule has 3 aliphatic rings. The van der Waals surface area contributed by atoms with Gasteiger partial charge in [-0.05, 0) is 56.4 Å². The van der Waals surface area contributed by atoms with Crippen LogP contribution in [-0.2, 0) is 9.59 Å². The molecule has 1 unspecified atom stereocenters. The molecule has 2 aliphatic heterocycles. The van der Waals surface area contributed by atoms with E-state index in [2.05, 4.69) is 24.1 Å². The molecule has 1 aromatic carbocycles. The molecule has 1 aromatic rings. The van der Waals surface area contributed by atoms with Crippen LogP contribution in [0.5, 0.6) is 0 Å². The Kier molecular flexibility index (Phi) is 6.47. The molecule has 5 heteroatoms. The van der Waals surface area contributed by atoms with Crippen LogP contribution in [0.3, 0.4) is 0 Å². The number of nitrogens with zero attached hydrogens (tertiary/aromatic N) is 2. The number of benzene rings is 1. The zero-order valence-electron chi connectivity index (χ0n) is 18.8. The van der Waals surface area contributed by atoms with Crippen molar-refractivity contribution in [3.05, 3.63) is 29.8 Å². The lowest BCUT2D eigenvalue weighted by Gasteiger charge is -2.43. The highest BCUT2D eigenvalue weighted by Crippen LogP contribution is 2.40. The number of amides is 2. The van der Waals surface area contributed by atoms with Crippen LogP contribution in [0.25, 0.3) is 0 Å². The minimum absolute atomic E-state index is 0.0360. The molecule has 0 radical (unpaired) electrons. The Morgan fingerprint density at radius 1 is 1.03 bits per heavy atom. The third-order valence-corrected chi connectivity index (χ3v) is 7.68. The minimum atomic E-state index is -0.530. The number of likely N-dealkylation sites (tertiary alicyclic amines) is 1. The van der Waals surface area contributed by atoms with E-state index in [1.807, 2.05) is 36.1 Å². The third-order valence-electron chi connectivity index (χ3n) is 7.68. The highest BCUT2D eigenvalue weighted by Gasteiger charge is 2.42. The molecule has 1 atom stereocenters. The zero-order valence-corrected chi connectivity index (χ0v) is 18.8. The molecule has 1 aliphatic carbocycles. The van der Waals surface area contributed by atoms with Crippen molar-refractivity contribution in [3.63, 3.8) is 0 Å². The quantitative estimate of drug-likeness (QED) is 0.787. The second-order valence-electron chi connectivity index (χ2n) is 9.70. The SMILES string of the molecule is CCC(=O)NC1C(=O)N(C2CCN(C3CCC(C(C)C)CC3)CC2)c2ccccc21. The second kappa shape index (κ2) is 9.09. The van der Waals surface area contributed by atoms with E-state index in [-0.39, 0.29) is 17.9 Å². The number of hydrogen-bond acceptors (Lipinski definition) is 3. The fraction of sp³-hybridized carbons (Fsp3) is 0.680. The van der Waals surface area contributed by atoms with E-state index in [4.69, 9.17) is 0 Å². The molecule has 1 N–H and O–H groups in total. The Labute approximate surface area is 181 Å². The van der Waals surface area contributed by atoms with Gasteiger partial charge in [0.05, 0.1) is 0 Å². The molecule has 1 saturated heterocycles. The van der Waals surface area contributed by atoms with E-state index in [9.17, 15) is 9.59 Å². The topological polar surface area (TPSA) is 52.7 Å². The number of fused-ring (bicyclic) bond motifs is 1. The van der Waals surface area contributed by atoms with Gasteiger partial charge in [-0.3, -0.25) is 9.59 Å². The molecule has 4 rings (SSSR count). The molecular weight excluding hydrogens is 374 g/mol. The van der Waals surface area contributed by atoms with Gasteiger partial charge >= 0.3 is 0 Å². The Bertz CT molecular complexity index is 761. The van der Waals surface area contributed by atoms with Crippen molar-refractivity contribution < 1.29 is 9.59 Å². The van der Waals surface area contributed by atoms with Gasteiger partial charge in [-0.2, -0.15) is 0 Å². The van der Waals surface area contributed by atoms with Crippen LogP contribution in [0.4, 0.5) is 5.69 Å². The normalized spacial score (nSPS) is 28.1. The lowest BCUT2D eigenvalue weighted by Crippen LogP contribution is -2.51. The number of anilines is 1. The molecular formula is C25H37N3O2. The number of para-hydroxylation sites is 1. The van der Waals surface area contributed by atoms with Gasteiger partial charge in [-0.1, -0.05) is 39.0 Å². The maximum Gasteiger partial charge on any atom is 0.254 e. The molecule has 30 heavy (non-hydrogen) atoms. The summed E-state index contributed by atoms with van der Waals surface area (Å²) >= 11 is 0. The first-order valence-corrected chi connectivity index (χ1v) is 11.9. The first-order valence-electron chi connectivity index (χ1n) is 11.9. The molecule has 2 heterocycles. The van der Waals surface area contributed by atoms with Crippen LogP contribution in [0.1, 0.15) is 77.3 Å². The highest BCUT2D eigenvalue weighted by molar-refractivity contribution is 6.06. The van der Waals surface area contributed by atoms with Crippen LogP contribution in [0.15, 0.2) is 24.3 Å². The van der Waals surface area contributed by atoms with Gasteiger partial charge in [0, 0.05) is 42.8 Å². The maximum absolute atomic E-state index is 13.3. The summed E-state index contributed by atoms with van der Waals surface area (Å²) < 4.78 is 0. The number of carbonyl (C=O) groups is 2. The first kappa shape index (κ1) is 21.4. The molecule has 0 aromatic heterocycles. The summed E-state index contributed by atoms with van der Waals surface area (Å²) in [7, 11) is 0. The van der Waals surface area contributed by atoms with Crippen molar-refractivity contribution in [2.24, 2.45) is 11.8 Å². The van der Waals surface area contributed by atoms with Crippen LogP contribution < -0.4 is 10.2 Å². The number of carbonyl (C=O) groups excluding carboxylic acids is 2. The van der Waals surface area contributed by atoms with E-state index in [0.717, 1.165) is 55.1 Å². The van der Waals surface area contributed by atoms with Crippen LogP contribution >= 0.6 is 0 Å². The molecule has 1 saturated carbocycles. The van der Waals surface area contributed by atoms with Crippen molar-refractivity contribution in [2.75, 3.05) is 18.0 Å². The van der Waals surface area contributed by atoms with Gasteiger partial charge in [0.25, 0.3) is 5.91 Å². The zero-order chi connectivity index (χ0) is 21.3. The van der Waals surface area contributed by atoms with Gasteiger partial charge in [0.2, 0.25) is 5.91 Å². The number of rotatable bonds is 5. The third kappa shape index (κ3) is 4.14. The molecule has 2 fully saturated rings. The molecule has 0 spiro atoms. The van der Waals surface area contributed by atoms with Crippen molar-refractivity contribution >= 4 is 17.5 Å². The van der Waals surface area contributed by atoms with Crippen molar-refractivity contribution in [1.29, 1.82) is 0 Å².